The molecule has 22 heavy (non-hydrogen) atoms. The number of ether oxygens (including phenoxy) is 1. The summed E-state index contributed by atoms with van der Waals surface area (Å²) in [5, 5.41) is 11.4. The van der Waals surface area contributed by atoms with Crippen LogP contribution in [-0.4, -0.2) is 42.2 Å². The first-order valence-corrected chi connectivity index (χ1v) is 7.02. The SMILES string of the molecule is CCCOc1cc(F)ccc1NC(=O)N(C)CC(C)C(=O)O. The summed E-state index contributed by atoms with van der Waals surface area (Å²) in [7, 11) is 1.49. The molecule has 2 amide bonds. The number of hydrogen-bond donors (Lipinski definition) is 2. The van der Waals surface area contributed by atoms with Gasteiger partial charge in [-0.15, -0.1) is 0 Å². The van der Waals surface area contributed by atoms with Gasteiger partial charge in [-0.3, -0.25) is 4.79 Å². The first kappa shape index (κ1) is 17.7. The summed E-state index contributed by atoms with van der Waals surface area (Å²) in [6.45, 7) is 3.89. The number of benzene rings is 1. The van der Waals surface area contributed by atoms with Gasteiger partial charge in [0.25, 0.3) is 0 Å². The van der Waals surface area contributed by atoms with Crippen molar-refractivity contribution in [1.29, 1.82) is 0 Å². The summed E-state index contributed by atoms with van der Waals surface area (Å²) in [5.41, 5.74) is 0.342. The van der Waals surface area contributed by atoms with Crippen molar-refractivity contribution in [3.05, 3.63) is 24.0 Å². The Labute approximate surface area is 128 Å². The molecule has 1 aromatic carbocycles. The Hall–Kier alpha value is -2.31. The highest BCUT2D eigenvalue weighted by Gasteiger charge is 2.18. The van der Waals surface area contributed by atoms with E-state index in [-0.39, 0.29) is 12.3 Å². The van der Waals surface area contributed by atoms with Crippen LogP contribution in [0.4, 0.5) is 14.9 Å². The highest BCUT2D eigenvalue weighted by atomic mass is 19.1. The van der Waals surface area contributed by atoms with Crippen LogP contribution in [0.3, 0.4) is 0 Å². The topological polar surface area (TPSA) is 78.9 Å². The third-order valence-corrected chi connectivity index (χ3v) is 2.96. The van der Waals surface area contributed by atoms with E-state index in [4.69, 9.17) is 9.84 Å². The Bertz CT molecular complexity index is 536. The number of hydrogen-bond acceptors (Lipinski definition) is 3. The van der Waals surface area contributed by atoms with E-state index in [1.807, 2.05) is 6.92 Å². The number of carbonyl (C=O) groups excluding carboxylic acids is 1. The number of carbonyl (C=O) groups is 2. The quantitative estimate of drug-likeness (QED) is 0.811. The second-order valence-electron chi connectivity index (χ2n) is 5.04. The third kappa shape index (κ3) is 5.23. The third-order valence-electron chi connectivity index (χ3n) is 2.96. The summed E-state index contributed by atoms with van der Waals surface area (Å²) >= 11 is 0. The summed E-state index contributed by atoms with van der Waals surface area (Å²) < 4.78 is 18.7. The lowest BCUT2D eigenvalue weighted by Crippen LogP contribution is -2.36. The van der Waals surface area contributed by atoms with Gasteiger partial charge in [0.15, 0.2) is 0 Å². The number of anilines is 1. The molecular formula is C15H21FN2O4. The van der Waals surface area contributed by atoms with Crippen molar-refractivity contribution in [2.24, 2.45) is 5.92 Å². The zero-order valence-electron chi connectivity index (χ0n) is 12.9. The zero-order valence-corrected chi connectivity index (χ0v) is 12.9. The van der Waals surface area contributed by atoms with E-state index in [0.29, 0.717) is 12.3 Å². The highest BCUT2D eigenvalue weighted by Crippen LogP contribution is 2.26. The van der Waals surface area contributed by atoms with Gasteiger partial charge in [0.1, 0.15) is 11.6 Å². The van der Waals surface area contributed by atoms with Crippen LogP contribution in [0.15, 0.2) is 18.2 Å². The average molecular weight is 312 g/mol. The minimum absolute atomic E-state index is 0.0630. The molecule has 0 bridgehead atoms. The fourth-order valence-electron chi connectivity index (χ4n) is 1.71. The zero-order chi connectivity index (χ0) is 16.7. The lowest BCUT2D eigenvalue weighted by atomic mass is 10.2. The predicted octanol–water partition coefficient (Wildman–Crippen LogP) is 2.80. The lowest BCUT2D eigenvalue weighted by molar-refractivity contribution is -0.141. The molecule has 0 aromatic heterocycles. The molecule has 0 fully saturated rings. The van der Waals surface area contributed by atoms with E-state index in [9.17, 15) is 14.0 Å². The second-order valence-corrected chi connectivity index (χ2v) is 5.04. The molecule has 0 saturated heterocycles. The number of halogens is 1. The maximum absolute atomic E-state index is 13.3. The Kier molecular flexibility index (Phi) is 6.62. The Morgan fingerprint density at radius 2 is 2.14 bits per heavy atom. The number of carboxylic acids is 1. The van der Waals surface area contributed by atoms with Crippen molar-refractivity contribution >= 4 is 17.7 Å². The summed E-state index contributed by atoms with van der Waals surface area (Å²) in [6, 6.07) is 3.34. The van der Waals surface area contributed by atoms with E-state index < -0.39 is 23.7 Å². The monoisotopic (exact) mass is 312 g/mol. The van der Waals surface area contributed by atoms with Gasteiger partial charge in [-0.05, 0) is 18.6 Å². The van der Waals surface area contributed by atoms with Crippen molar-refractivity contribution in [1.82, 2.24) is 4.90 Å². The van der Waals surface area contributed by atoms with Crippen molar-refractivity contribution in [3.8, 4) is 5.75 Å². The molecule has 1 aromatic rings. The van der Waals surface area contributed by atoms with Gasteiger partial charge in [0.2, 0.25) is 0 Å². The molecule has 0 radical (unpaired) electrons. The van der Waals surface area contributed by atoms with Crippen molar-refractivity contribution in [3.63, 3.8) is 0 Å². The molecule has 1 unspecified atom stereocenters. The van der Waals surface area contributed by atoms with Crippen LogP contribution in [0.2, 0.25) is 0 Å². The maximum Gasteiger partial charge on any atom is 0.321 e. The number of urea groups is 1. The average Bonchev–Trinajstić information content (AvgIpc) is 2.46. The van der Waals surface area contributed by atoms with Gasteiger partial charge in [-0.25, -0.2) is 9.18 Å². The van der Waals surface area contributed by atoms with E-state index in [2.05, 4.69) is 5.32 Å². The van der Waals surface area contributed by atoms with Crippen LogP contribution in [0.1, 0.15) is 20.3 Å². The molecule has 1 rings (SSSR count). The van der Waals surface area contributed by atoms with Crippen LogP contribution < -0.4 is 10.1 Å². The minimum atomic E-state index is -0.978. The molecule has 0 aliphatic rings. The van der Waals surface area contributed by atoms with E-state index in [1.165, 1.54) is 37.1 Å². The Balaban J connectivity index is 2.76. The molecule has 1 atom stereocenters. The van der Waals surface area contributed by atoms with Crippen LogP contribution in [0.25, 0.3) is 0 Å². The van der Waals surface area contributed by atoms with E-state index in [0.717, 1.165) is 6.42 Å². The predicted molar refractivity (Wildman–Crippen MR) is 80.6 cm³/mol. The Morgan fingerprint density at radius 1 is 1.45 bits per heavy atom. The van der Waals surface area contributed by atoms with Crippen LogP contribution in [-0.2, 0) is 4.79 Å². The van der Waals surface area contributed by atoms with Crippen LogP contribution in [0, 0.1) is 11.7 Å². The van der Waals surface area contributed by atoms with Crippen molar-refractivity contribution in [2.75, 3.05) is 25.5 Å². The minimum Gasteiger partial charge on any atom is -0.491 e. The molecule has 0 heterocycles. The summed E-state index contributed by atoms with van der Waals surface area (Å²) in [4.78, 5) is 24.1. The molecule has 0 aliphatic carbocycles. The van der Waals surface area contributed by atoms with Crippen LogP contribution >= 0.6 is 0 Å². The number of carboxylic acid groups (broad SMARTS) is 1. The first-order valence-electron chi connectivity index (χ1n) is 7.02. The molecule has 0 saturated carbocycles. The fourth-order valence-corrected chi connectivity index (χ4v) is 1.71. The largest absolute Gasteiger partial charge is 0.491 e. The van der Waals surface area contributed by atoms with Gasteiger partial charge in [0.05, 0.1) is 18.2 Å². The molecule has 0 aliphatic heterocycles. The van der Waals surface area contributed by atoms with Crippen molar-refractivity contribution in [2.45, 2.75) is 20.3 Å². The number of aliphatic carboxylic acids is 1. The van der Waals surface area contributed by atoms with Gasteiger partial charge in [-0.1, -0.05) is 13.8 Å². The van der Waals surface area contributed by atoms with E-state index in [1.54, 1.807) is 0 Å². The lowest BCUT2D eigenvalue weighted by Gasteiger charge is -2.21. The smallest absolute Gasteiger partial charge is 0.321 e. The second kappa shape index (κ2) is 8.21. The molecular weight excluding hydrogens is 291 g/mol. The number of nitrogens with one attached hydrogen (secondary N) is 1. The fraction of sp³-hybridized carbons (Fsp3) is 0.467. The van der Waals surface area contributed by atoms with Crippen LogP contribution in [0.5, 0.6) is 5.75 Å². The van der Waals surface area contributed by atoms with Gasteiger partial charge in [-0.2, -0.15) is 0 Å². The van der Waals surface area contributed by atoms with Gasteiger partial charge in [0, 0.05) is 19.7 Å². The molecule has 6 nitrogen and oxygen atoms in total. The number of nitrogens with zero attached hydrogens (tertiary/aromatic N) is 1. The maximum atomic E-state index is 13.3. The summed E-state index contributed by atoms with van der Waals surface area (Å²) in [5.74, 6) is -1.87. The Morgan fingerprint density at radius 3 is 2.73 bits per heavy atom. The number of rotatable bonds is 7. The normalized spacial score (nSPS) is 11.6. The molecule has 7 heteroatoms. The number of amides is 2. The molecule has 0 spiro atoms. The molecule has 2 N–H and O–H groups in total. The van der Waals surface area contributed by atoms with Gasteiger partial charge >= 0.3 is 12.0 Å². The molecule has 122 valence electrons. The highest BCUT2D eigenvalue weighted by molar-refractivity contribution is 5.91. The van der Waals surface area contributed by atoms with E-state index >= 15 is 0 Å². The van der Waals surface area contributed by atoms with Crippen molar-refractivity contribution < 1.29 is 23.8 Å². The summed E-state index contributed by atoms with van der Waals surface area (Å²) in [6.07, 6.45) is 0.750. The first-order chi connectivity index (χ1) is 10.3. The standard InChI is InChI=1S/C15H21FN2O4/c1-4-7-22-13-8-11(16)5-6-12(13)17-15(21)18(3)9-10(2)14(19)20/h5-6,8,10H,4,7,9H2,1-3H3,(H,17,21)(H,19,20). The van der Waals surface area contributed by atoms with Gasteiger partial charge < -0.3 is 20.1 Å².